The van der Waals surface area contributed by atoms with Gasteiger partial charge in [-0.1, -0.05) is 35.9 Å². The fraction of sp³-hybridized carbons (Fsp3) is 0.0588. The van der Waals surface area contributed by atoms with Gasteiger partial charge in [0.15, 0.2) is 0 Å². The minimum atomic E-state index is -3.95. The molecule has 0 amide bonds. The Morgan fingerprint density at radius 1 is 0.964 bits per heavy atom. The smallest absolute Gasteiger partial charge is 0.334 e. The van der Waals surface area contributed by atoms with Crippen molar-refractivity contribution in [3.8, 4) is 0 Å². The van der Waals surface area contributed by atoms with Gasteiger partial charge in [0.1, 0.15) is 6.33 Å². The highest BCUT2D eigenvalue weighted by Gasteiger charge is 2.24. The Hall–Kier alpha value is -3.57. The van der Waals surface area contributed by atoms with Gasteiger partial charge in [-0.3, -0.25) is 15.5 Å². The maximum Gasteiger partial charge on any atom is 0.354 e. The Bertz CT molecular complexity index is 1090. The van der Waals surface area contributed by atoms with E-state index in [0.717, 1.165) is 11.9 Å². The molecule has 0 fully saturated rings. The van der Waals surface area contributed by atoms with Crippen LogP contribution in [0, 0.1) is 17.0 Å². The first-order chi connectivity index (χ1) is 13.4. The number of aryl methyl sites for hydroxylation is 1. The van der Waals surface area contributed by atoms with E-state index in [-0.39, 0.29) is 16.5 Å². The summed E-state index contributed by atoms with van der Waals surface area (Å²) < 4.78 is 24.7. The Morgan fingerprint density at radius 2 is 1.61 bits per heavy atom. The molecule has 0 spiro atoms. The molecule has 3 rings (SSSR count). The summed E-state index contributed by atoms with van der Waals surface area (Å²) in [4.78, 5) is 20.6. The van der Waals surface area contributed by atoms with Gasteiger partial charge < -0.3 is 5.32 Å². The summed E-state index contributed by atoms with van der Waals surface area (Å²) in [6, 6.07) is 14.9. The van der Waals surface area contributed by atoms with Crippen LogP contribution >= 0.6 is 0 Å². The van der Waals surface area contributed by atoms with Crippen LogP contribution in [0.4, 0.5) is 23.0 Å². The SMILES string of the molecule is Cc1ccc(S(=O)(=O)NNc2ncnc(Nc3ccccc3)c2[N+](=O)[O-])cc1. The van der Waals surface area contributed by atoms with Crippen LogP contribution in [0.3, 0.4) is 0 Å². The van der Waals surface area contributed by atoms with Gasteiger partial charge in [-0.15, -0.1) is 4.83 Å². The molecule has 0 aliphatic carbocycles. The number of nitrogens with one attached hydrogen (secondary N) is 3. The zero-order valence-corrected chi connectivity index (χ0v) is 15.5. The number of rotatable bonds is 7. The van der Waals surface area contributed by atoms with E-state index >= 15 is 0 Å². The summed E-state index contributed by atoms with van der Waals surface area (Å²) in [6.45, 7) is 1.83. The van der Waals surface area contributed by atoms with Crippen LogP contribution in [0.1, 0.15) is 5.56 Å². The van der Waals surface area contributed by atoms with Gasteiger partial charge >= 0.3 is 5.69 Å². The third-order valence-electron chi connectivity index (χ3n) is 3.68. The zero-order chi connectivity index (χ0) is 20.1. The molecule has 1 heterocycles. The van der Waals surface area contributed by atoms with Crippen molar-refractivity contribution in [1.82, 2.24) is 14.8 Å². The maximum atomic E-state index is 12.4. The largest absolute Gasteiger partial charge is 0.354 e. The number of sulfonamides is 1. The molecular weight excluding hydrogens is 384 g/mol. The normalized spacial score (nSPS) is 11.0. The number of hydrazine groups is 1. The van der Waals surface area contributed by atoms with E-state index in [1.165, 1.54) is 12.1 Å². The lowest BCUT2D eigenvalue weighted by Gasteiger charge is -2.11. The van der Waals surface area contributed by atoms with Crippen LogP contribution in [0.25, 0.3) is 0 Å². The second-order valence-electron chi connectivity index (χ2n) is 5.71. The molecule has 28 heavy (non-hydrogen) atoms. The number of hydrogen-bond donors (Lipinski definition) is 3. The molecule has 10 nitrogen and oxygen atoms in total. The summed E-state index contributed by atoms with van der Waals surface area (Å²) in [6.07, 6.45) is 1.08. The fourth-order valence-corrected chi connectivity index (χ4v) is 3.13. The highest BCUT2D eigenvalue weighted by molar-refractivity contribution is 7.89. The molecule has 0 atom stereocenters. The zero-order valence-electron chi connectivity index (χ0n) is 14.7. The third kappa shape index (κ3) is 4.39. The van der Waals surface area contributed by atoms with E-state index in [0.29, 0.717) is 5.69 Å². The third-order valence-corrected chi connectivity index (χ3v) is 4.94. The highest BCUT2D eigenvalue weighted by atomic mass is 32.2. The number of nitro groups is 1. The van der Waals surface area contributed by atoms with E-state index in [9.17, 15) is 18.5 Å². The Labute approximate surface area is 160 Å². The number of aromatic nitrogens is 2. The van der Waals surface area contributed by atoms with Crippen LogP contribution in [0.15, 0.2) is 65.8 Å². The van der Waals surface area contributed by atoms with Crippen molar-refractivity contribution in [1.29, 1.82) is 0 Å². The average molecular weight is 400 g/mol. The fourth-order valence-electron chi connectivity index (χ4n) is 2.28. The van der Waals surface area contributed by atoms with Crippen LogP contribution in [0.5, 0.6) is 0 Å². The van der Waals surface area contributed by atoms with Crippen molar-refractivity contribution in [2.24, 2.45) is 0 Å². The summed E-state index contributed by atoms with van der Waals surface area (Å²) >= 11 is 0. The lowest BCUT2D eigenvalue weighted by atomic mass is 10.2. The Morgan fingerprint density at radius 3 is 2.25 bits per heavy atom. The number of para-hydroxylation sites is 1. The summed E-state index contributed by atoms with van der Waals surface area (Å²) in [5, 5.41) is 14.4. The van der Waals surface area contributed by atoms with Crippen LogP contribution < -0.4 is 15.6 Å². The van der Waals surface area contributed by atoms with Crippen LogP contribution in [0.2, 0.25) is 0 Å². The van der Waals surface area contributed by atoms with Gasteiger partial charge in [-0.25, -0.2) is 18.4 Å². The summed E-state index contributed by atoms with van der Waals surface area (Å²) in [5.41, 5.74) is 3.28. The standard InChI is InChI=1S/C17H16N6O4S/c1-12-7-9-14(10-8-12)28(26,27)22-21-17-15(23(24)25)16(18-11-19-17)20-13-5-3-2-4-6-13/h2-11,22H,1H3,(H2,18,19,20,21). The van der Waals surface area contributed by atoms with Crippen molar-refractivity contribution in [2.45, 2.75) is 11.8 Å². The van der Waals surface area contributed by atoms with Crippen LogP contribution in [-0.4, -0.2) is 23.3 Å². The molecule has 0 radical (unpaired) electrons. The van der Waals surface area contributed by atoms with Gasteiger partial charge in [0, 0.05) is 5.69 Å². The molecular formula is C17H16N6O4S. The number of anilines is 3. The van der Waals surface area contributed by atoms with Crippen molar-refractivity contribution in [2.75, 3.05) is 10.7 Å². The van der Waals surface area contributed by atoms with Crippen molar-refractivity contribution in [3.63, 3.8) is 0 Å². The molecule has 144 valence electrons. The lowest BCUT2D eigenvalue weighted by molar-refractivity contribution is -0.383. The molecule has 0 saturated carbocycles. The monoisotopic (exact) mass is 400 g/mol. The quantitative estimate of drug-likeness (QED) is 0.406. The van der Waals surface area contributed by atoms with Gasteiger partial charge in [-0.05, 0) is 31.2 Å². The predicted molar refractivity (Wildman–Crippen MR) is 104 cm³/mol. The second kappa shape index (κ2) is 7.98. The van der Waals surface area contributed by atoms with Gasteiger partial charge in [-0.2, -0.15) is 0 Å². The van der Waals surface area contributed by atoms with Crippen molar-refractivity contribution in [3.05, 3.63) is 76.6 Å². The second-order valence-corrected chi connectivity index (χ2v) is 7.39. The molecule has 1 aromatic heterocycles. The van der Waals surface area contributed by atoms with Crippen LogP contribution in [-0.2, 0) is 10.0 Å². The van der Waals surface area contributed by atoms with Gasteiger partial charge in [0.25, 0.3) is 10.0 Å². The Balaban J connectivity index is 1.86. The maximum absolute atomic E-state index is 12.4. The molecule has 11 heteroatoms. The summed E-state index contributed by atoms with van der Waals surface area (Å²) in [5.74, 6) is -0.377. The minimum absolute atomic E-state index is 0.00458. The topological polar surface area (TPSA) is 139 Å². The molecule has 0 aliphatic rings. The lowest BCUT2D eigenvalue weighted by Crippen LogP contribution is -2.30. The van der Waals surface area contributed by atoms with E-state index in [4.69, 9.17) is 0 Å². The van der Waals surface area contributed by atoms with Crippen molar-refractivity contribution >= 4 is 33.0 Å². The molecule has 0 unspecified atom stereocenters. The highest BCUT2D eigenvalue weighted by Crippen LogP contribution is 2.30. The first-order valence-electron chi connectivity index (χ1n) is 8.03. The van der Waals surface area contributed by atoms with E-state index < -0.39 is 20.6 Å². The first-order valence-corrected chi connectivity index (χ1v) is 9.51. The molecule has 2 aromatic carbocycles. The van der Waals surface area contributed by atoms with E-state index in [1.807, 2.05) is 6.92 Å². The minimum Gasteiger partial charge on any atom is -0.334 e. The summed E-state index contributed by atoms with van der Waals surface area (Å²) in [7, 11) is -3.95. The van der Waals surface area contributed by atoms with E-state index in [2.05, 4.69) is 25.5 Å². The number of hydrogen-bond acceptors (Lipinski definition) is 8. The first kappa shape index (κ1) is 19.2. The molecule has 3 N–H and O–H groups in total. The number of benzene rings is 2. The molecule has 3 aromatic rings. The molecule has 0 aliphatic heterocycles. The average Bonchev–Trinajstić information content (AvgIpc) is 2.67. The van der Waals surface area contributed by atoms with Gasteiger partial charge in [0.05, 0.1) is 9.82 Å². The van der Waals surface area contributed by atoms with Gasteiger partial charge in [0.2, 0.25) is 11.6 Å². The van der Waals surface area contributed by atoms with E-state index in [1.54, 1.807) is 42.5 Å². The molecule has 0 bridgehead atoms. The molecule has 0 saturated heterocycles. The number of nitrogens with zero attached hydrogens (tertiary/aromatic N) is 3. The Kier molecular flexibility index (Phi) is 5.47. The van der Waals surface area contributed by atoms with Crippen molar-refractivity contribution < 1.29 is 13.3 Å². The predicted octanol–water partition coefficient (Wildman–Crippen LogP) is 2.74.